The average molecular weight is 325 g/mol. The van der Waals surface area contributed by atoms with E-state index >= 15 is 0 Å². The van der Waals surface area contributed by atoms with Crippen LogP contribution in [0.1, 0.15) is 55.1 Å². The molecule has 1 aromatic heterocycles. The number of nitrogens with zero attached hydrogens (tertiary/aromatic N) is 2. The smallest absolute Gasteiger partial charge is 0.182 e. The summed E-state index contributed by atoms with van der Waals surface area (Å²) in [4.78, 5) is 27.5. The Morgan fingerprint density at radius 1 is 1.47 bits per heavy atom. The molecule has 0 aromatic carbocycles. The van der Waals surface area contributed by atoms with Gasteiger partial charge in [-0.2, -0.15) is 0 Å². The van der Waals surface area contributed by atoms with E-state index in [1.54, 1.807) is 11.5 Å². The number of hydrogen-bond acceptors (Lipinski definition) is 3. The SMILES string of the molecule is CC#CCn1c(Br)nc(C=O)c1C(=O)CC(C)(C)C. The molecule has 4 nitrogen and oxygen atoms in total. The van der Waals surface area contributed by atoms with Crippen LogP contribution >= 0.6 is 15.9 Å². The van der Waals surface area contributed by atoms with E-state index in [2.05, 4.69) is 32.8 Å². The van der Waals surface area contributed by atoms with Crippen LogP contribution in [0.15, 0.2) is 4.73 Å². The van der Waals surface area contributed by atoms with Gasteiger partial charge in [-0.25, -0.2) is 4.98 Å². The van der Waals surface area contributed by atoms with Crippen molar-refractivity contribution in [1.82, 2.24) is 9.55 Å². The molecule has 0 fully saturated rings. The van der Waals surface area contributed by atoms with E-state index in [-0.39, 0.29) is 16.9 Å². The van der Waals surface area contributed by atoms with E-state index in [1.165, 1.54) is 0 Å². The highest BCUT2D eigenvalue weighted by Gasteiger charge is 2.25. The maximum Gasteiger partial charge on any atom is 0.182 e. The number of halogens is 1. The van der Waals surface area contributed by atoms with E-state index in [0.29, 0.717) is 29.7 Å². The molecule has 0 unspecified atom stereocenters. The Bertz CT molecular complexity index is 556. The minimum Gasteiger partial charge on any atom is -0.304 e. The van der Waals surface area contributed by atoms with Gasteiger partial charge >= 0.3 is 0 Å². The third-order valence-corrected chi connectivity index (χ3v) is 3.03. The van der Waals surface area contributed by atoms with Gasteiger partial charge in [0.2, 0.25) is 0 Å². The summed E-state index contributed by atoms with van der Waals surface area (Å²) in [7, 11) is 0. The Hall–Kier alpha value is -1.41. The topological polar surface area (TPSA) is 52.0 Å². The molecule has 1 aromatic rings. The summed E-state index contributed by atoms with van der Waals surface area (Å²) in [6, 6.07) is 0. The van der Waals surface area contributed by atoms with Crippen molar-refractivity contribution < 1.29 is 9.59 Å². The first kappa shape index (κ1) is 15.6. The Kier molecular flexibility index (Phi) is 5.07. The van der Waals surface area contributed by atoms with Gasteiger partial charge in [-0.05, 0) is 28.3 Å². The van der Waals surface area contributed by atoms with Crippen LogP contribution in [0.3, 0.4) is 0 Å². The second kappa shape index (κ2) is 6.16. The number of aldehydes is 1. The lowest BCUT2D eigenvalue weighted by Gasteiger charge is -2.17. The summed E-state index contributed by atoms with van der Waals surface area (Å²) in [6.45, 7) is 8.00. The predicted molar refractivity (Wildman–Crippen MR) is 77.2 cm³/mol. The van der Waals surface area contributed by atoms with Gasteiger partial charge in [0.1, 0.15) is 11.4 Å². The highest BCUT2D eigenvalue weighted by molar-refractivity contribution is 9.10. The molecule has 0 saturated carbocycles. The largest absolute Gasteiger partial charge is 0.304 e. The molecule has 0 saturated heterocycles. The molecule has 0 N–H and O–H groups in total. The molecular weight excluding hydrogens is 308 g/mol. The molecule has 0 aliphatic carbocycles. The Morgan fingerprint density at radius 3 is 2.58 bits per heavy atom. The van der Waals surface area contributed by atoms with Gasteiger partial charge in [-0.1, -0.05) is 26.7 Å². The molecule has 0 aliphatic rings. The summed E-state index contributed by atoms with van der Waals surface area (Å²) in [6.07, 6.45) is 0.960. The van der Waals surface area contributed by atoms with Crippen LogP contribution in [0.2, 0.25) is 0 Å². The second-order valence-corrected chi connectivity index (χ2v) is 6.12. The number of ketones is 1. The molecule has 0 aliphatic heterocycles. The average Bonchev–Trinajstić information content (AvgIpc) is 2.60. The van der Waals surface area contributed by atoms with Crippen molar-refractivity contribution in [2.75, 3.05) is 0 Å². The van der Waals surface area contributed by atoms with Crippen molar-refractivity contribution in [3.63, 3.8) is 0 Å². The Labute approximate surface area is 121 Å². The normalized spacial score (nSPS) is 10.8. The fourth-order valence-electron chi connectivity index (χ4n) is 1.69. The predicted octanol–water partition coefficient (Wildman–Crippen LogP) is 3.10. The van der Waals surface area contributed by atoms with Crippen molar-refractivity contribution in [3.05, 3.63) is 16.1 Å². The third kappa shape index (κ3) is 4.03. The van der Waals surface area contributed by atoms with Crippen LogP contribution in [-0.2, 0) is 6.54 Å². The van der Waals surface area contributed by atoms with E-state index < -0.39 is 0 Å². The highest BCUT2D eigenvalue weighted by Crippen LogP contribution is 2.24. The summed E-state index contributed by atoms with van der Waals surface area (Å²) < 4.78 is 2.09. The molecule has 0 atom stereocenters. The minimum atomic E-state index is -0.144. The van der Waals surface area contributed by atoms with Gasteiger partial charge in [0, 0.05) is 6.42 Å². The van der Waals surface area contributed by atoms with Gasteiger partial charge in [-0.3, -0.25) is 9.59 Å². The molecular formula is C14H17BrN2O2. The molecule has 19 heavy (non-hydrogen) atoms. The van der Waals surface area contributed by atoms with Crippen LogP contribution in [0.5, 0.6) is 0 Å². The van der Waals surface area contributed by atoms with Gasteiger partial charge in [-0.15, -0.1) is 5.92 Å². The van der Waals surface area contributed by atoms with Gasteiger partial charge < -0.3 is 4.57 Å². The van der Waals surface area contributed by atoms with Gasteiger partial charge in [0.15, 0.2) is 16.8 Å². The van der Waals surface area contributed by atoms with Crippen molar-refractivity contribution in [3.8, 4) is 11.8 Å². The second-order valence-electron chi connectivity index (χ2n) is 5.41. The number of imidazole rings is 1. The maximum absolute atomic E-state index is 12.3. The van der Waals surface area contributed by atoms with Crippen LogP contribution in [0.4, 0.5) is 0 Å². The fraction of sp³-hybridized carbons (Fsp3) is 0.500. The van der Waals surface area contributed by atoms with Gasteiger partial charge in [0.25, 0.3) is 0 Å². The minimum absolute atomic E-state index is 0.0919. The number of hydrogen-bond donors (Lipinski definition) is 0. The van der Waals surface area contributed by atoms with E-state index in [9.17, 15) is 9.59 Å². The van der Waals surface area contributed by atoms with E-state index in [4.69, 9.17) is 0 Å². The third-order valence-electron chi connectivity index (χ3n) is 2.43. The number of carbonyl (C=O) groups is 2. The monoisotopic (exact) mass is 324 g/mol. The Balaban J connectivity index is 3.25. The summed E-state index contributed by atoms with van der Waals surface area (Å²) >= 11 is 3.26. The standard InChI is InChI=1S/C14H17BrN2O2/c1-5-6-7-17-12(10(9-18)16-13(17)15)11(19)8-14(2,3)4/h9H,7-8H2,1-4H3. The first-order valence-corrected chi connectivity index (χ1v) is 6.73. The number of Topliss-reactive ketones (excluding diaryl/α,β-unsaturated/α-hetero) is 1. The lowest BCUT2D eigenvalue weighted by Crippen LogP contribution is -2.18. The molecule has 102 valence electrons. The molecule has 0 amide bonds. The fourth-order valence-corrected chi connectivity index (χ4v) is 2.18. The summed E-state index contributed by atoms with van der Waals surface area (Å²) in [5.41, 5.74) is 0.355. The van der Waals surface area contributed by atoms with Crippen LogP contribution in [0.25, 0.3) is 0 Å². The molecule has 1 heterocycles. The van der Waals surface area contributed by atoms with Crippen LogP contribution in [-0.4, -0.2) is 21.6 Å². The van der Waals surface area contributed by atoms with Crippen molar-refractivity contribution in [2.45, 2.75) is 40.7 Å². The summed E-state index contributed by atoms with van der Waals surface area (Å²) in [5.74, 6) is 5.55. The van der Waals surface area contributed by atoms with Crippen molar-refractivity contribution in [1.29, 1.82) is 0 Å². The number of aromatic nitrogens is 2. The lowest BCUT2D eigenvalue weighted by molar-refractivity contribution is 0.0925. The number of rotatable bonds is 4. The van der Waals surface area contributed by atoms with Gasteiger partial charge in [0.05, 0.1) is 6.54 Å². The molecule has 1 rings (SSSR count). The van der Waals surface area contributed by atoms with Crippen molar-refractivity contribution >= 4 is 28.0 Å². The first-order chi connectivity index (χ1) is 8.80. The zero-order valence-corrected chi connectivity index (χ0v) is 13.2. The van der Waals surface area contributed by atoms with E-state index in [0.717, 1.165) is 0 Å². The zero-order valence-electron chi connectivity index (χ0n) is 11.6. The molecule has 0 radical (unpaired) electrons. The molecule has 0 bridgehead atoms. The molecule has 5 heteroatoms. The number of carbonyl (C=O) groups excluding carboxylic acids is 2. The van der Waals surface area contributed by atoms with Crippen LogP contribution < -0.4 is 0 Å². The lowest BCUT2D eigenvalue weighted by atomic mass is 9.89. The zero-order chi connectivity index (χ0) is 14.6. The summed E-state index contributed by atoms with van der Waals surface area (Å²) in [5, 5.41) is 0. The maximum atomic E-state index is 12.3. The highest BCUT2D eigenvalue weighted by atomic mass is 79.9. The molecule has 0 spiro atoms. The van der Waals surface area contributed by atoms with Crippen LogP contribution in [0, 0.1) is 17.3 Å². The quantitative estimate of drug-likeness (QED) is 0.486. The van der Waals surface area contributed by atoms with E-state index in [1.807, 2.05) is 20.8 Å². The first-order valence-electron chi connectivity index (χ1n) is 5.94. The Morgan fingerprint density at radius 2 is 2.11 bits per heavy atom. The van der Waals surface area contributed by atoms with Crippen molar-refractivity contribution in [2.24, 2.45) is 5.41 Å².